The van der Waals surface area contributed by atoms with E-state index in [0.717, 1.165) is 12.8 Å². The summed E-state index contributed by atoms with van der Waals surface area (Å²) in [7, 11) is 1.56. The Morgan fingerprint density at radius 2 is 2.07 bits per heavy atom. The molecule has 2 atom stereocenters. The standard InChI is InChI=1S/C21H24N4O4S/c1-29-17-7-3-2-6-16(17)25-13-15(11-18(25)26)20(28)24-9-4-5-14(12-24)19(27)23-21-22-8-10-30-21/h2-3,6-8,10,14-15H,4-5,9,11-13H2,1H3,(H,22,23,27). The molecule has 8 nitrogen and oxygen atoms in total. The van der Waals surface area contributed by atoms with Gasteiger partial charge in [-0.1, -0.05) is 12.1 Å². The van der Waals surface area contributed by atoms with Gasteiger partial charge in [0.2, 0.25) is 17.7 Å². The van der Waals surface area contributed by atoms with Crippen LogP contribution in [0.3, 0.4) is 0 Å². The van der Waals surface area contributed by atoms with Crippen LogP contribution in [0.4, 0.5) is 10.8 Å². The first-order valence-electron chi connectivity index (χ1n) is 9.99. The first-order valence-corrected chi connectivity index (χ1v) is 10.9. The fraction of sp³-hybridized carbons (Fsp3) is 0.429. The maximum Gasteiger partial charge on any atom is 0.231 e. The normalized spacial score (nSPS) is 21.6. The third-order valence-electron chi connectivity index (χ3n) is 5.62. The molecular formula is C21H24N4O4S. The molecule has 2 aromatic rings. The predicted octanol–water partition coefficient (Wildman–Crippen LogP) is 2.38. The van der Waals surface area contributed by atoms with E-state index in [1.807, 2.05) is 18.2 Å². The molecule has 2 aliphatic heterocycles. The summed E-state index contributed by atoms with van der Waals surface area (Å²) in [5.41, 5.74) is 0.680. The Hall–Kier alpha value is -2.94. The van der Waals surface area contributed by atoms with Gasteiger partial charge >= 0.3 is 0 Å². The molecule has 1 aromatic heterocycles. The fourth-order valence-corrected chi connectivity index (χ4v) is 4.63. The minimum absolute atomic E-state index is 0.0625. The quantitative estimate of drug-likeness (QED) is 0.790. The molecule has 0 bridgehead atoms. The summed E-state index contributed by atoms with van der Waals surface area (Å²) in [6.07, 6.45) is 3.31. The zero-order chi connectivity index (χ0) is 21.1. The van der Waals surface area contributed by atoms with Crippen molar-refractivity contribution < 1.29 is 19.1 Å². The third-order valence-corrected chi connectivity index (χ3v) is 6.31. The number of hydrogen-bond donors (Lipinski definition) is 1. The van der Waals surface area contributed by atoms with Gasteiger partial charge in [-0.3, -0.25) is 14.4 Å². The zero-order valence-electron chi connectivity index (χ0n) is 16.7. The maximum atomic E-state index is 13.1. The van der Waals surface area contributed by atoms with E-state index in [1.54, 1.807) is 34.6 Å². The Bertz CT molecular complexity index is 933. The van der Waals surface area contributed by atoms with E-state index in [4.69, 9.17) is 4.74 Å². The first-order chi connectivity index (χ1) is 14.6. The van der Waals surface area contributed by atoms with Crippen LogP contribution in [0.25, 0.3) is 0 Å². The molecule has 30 heavy (non-hydrogen) atoms. The molecule has 4 rings (SSSR count). The van der Waals surface area contributed by atoms with E-state index in [1.165, 1.54) is 11.3 Å². The van der Waals surface area contributed by atoms with Gasteiger partial charge in [0.1, 0.15) is 5.75 Å². The van der Waals surface area contributed by atoms with Crippen LogP contribution in [0.15, 0.2) is 35.8 Å². The summed E-state index contributed by atoms with van der Waals surface area (Å²) in [5, 5.41) is 5.19. The van der Waals surface area contributed by atoms with Gasteiger partial charge < -0.3 is 19.9 Å². The average Bonchev–Trinajstić information content (AvgIpc) is 3.42. The van der Waals surface area contributed by atoms with Crippen molar-refractivity contribution in [3.8, 4) is 5.75 Å². The lowest BCUT2D eigenvalue weighted by Gasteiger charge is -2.33. The monoisotopic (exact) mass is 428 g/mol. The van der Waals surface area contributed by atoms with E-state index in [9.17, 15) is 14.4 Å². The fourth-order valence-electron chi connectivity index (χ4n) is 4.10. The van der Waals surface area contributed by atoms with Gasteiger partial charge in [0, 0.05) is 37.6 Å². The van der Waals surface area contributed by atoms with Crippen LogP contribution in [-0.2, 0) is 14.4 Å². The maximum absolute atomic E-state index is 13.1. The number of hydrogen-bond acceptors (Lipinski definition) is 6. The summed E-state index contributed by atoms with van der Waals surface area (Å²) in [5.74, 6) is -0.339. The smallest absolute Gasteiger partial charge is 0.231 e. The van der Waals surface area contributed by atoms with Gasteiger partial charge in [0.25, 0.3) is 0 Å². The number of piperidine rings is 1. The number of nitrogens with one attached hydrogen (secondary N) is 1. The molecule has 3 heterocycles. The molecule has 3 amide bonds. The second kappa shape index (κ2) is 8.83. The summed E-state index contributed by atoms with van der Waals surface area (Å²) in [6, 6.07) is 7.31. The number of aromatic nitrogens is 1. The molecule has 0 aliphatic carbocycles. The molecule has 2 unspecified atom stereocenters. The second-order valence-corrected chi connectivity index (χ2v) is 8.42. The number of nitrogens with zero attached hydrogens (tertiary/aromatic N) is 3. The number of likely N-dealkylation sites (tertiary alicyclic amines) is 1. The van der Waals surface area contributed by atoms with E-state index < -0.39 is 5.92 Å². The van der Waals surface area contributed by atoms with Crippen molar-refractivity contribution in [2.45, 2.75) is 19.3 Å². The van der Waals surface area contributed by atoms with E-state index in [2.05, 4.69) is 10.3 Å². The van der Waals surface area contributed by atoms with Crippen molar-refractivity contribution >= 4 is 39.9 Å². The molecule has 2 fully saturated rings. The van der Waals surface area contributed by atoms with Crippen molar-refractivity contribution in [1.29, 1.82) is 0 Å². The Kier molecular flexibility index (Phi) is 5.98. The van der Waals surface area contributed by atoms with Crippen molar-refractivity contribution in [3.63, 3.8) is 0 Å². The number of para-hydroxylation sites is 2. The number of benzene rings is 1. The highest BCUT2D eigenvalue weighted by Crippen LogP contribution is 2.33. The van der Waals surface area contributed by atoms with Crippen LogP contribution in [0, 0.1) is 11.8 Å². The molecule has 9 heteroatoms. The topological polar surface area (TPSA) is 91.8 Å². The Labute approximate surface area is 178 Å². The highest BCUT2D eigenvalue weighted by molar-refractivity contribution is 7.13. The molecule has 1 N–H and O–H groups in total. The summed E-state index contributed by atoms with van der Waals surface area (Å²) in [6.45, 7) is 1.30. The lowest BCUT2D eigenvalue weighted by molar-refractivity contribution is -0.138. The Morgan fingerprint density at radius 3 is 2.83 bits per heavy atom. The average molecular weight is 429 g/mol. The lowest BCUT2D eigenvalue weighted by Crippen LogP contribution is -2.46. The van der Waals surface area contributed by atoms with Crippen molar-refractivity contribution in [2.24, 2.45) is 11.8 Å². The van der Waals surface area contributed by atoms with Crippen molar-refractivity contribution in [1.82, 2.24) is 9.88 Å². The molecule has 2 aliphatic rings. The highest BCUT2D eigenvalue weighted by Gasteiger charge is 2.39. The lowest BCUT2D eigenvalue weighted by atomic mass is 9.95. The highest BCUT2D eigenvalue weighted by atomic mass is 32.1. The van der Waals surface area contributed by atoms with Crippen LogP contribution in [0.2, 0.25) is 0 Å². The van der Waals surface area contributed by atoms with Gasteiger partial charge in [-0.25, -0.2) is 4.98 Å². The summed E-state index contributed by atoms with van der Waals surface area (Å²) in [4.78, 5) is 45.8. The number of rotatable bonds is 5. The van der Waals surface area contributed by atoms with Gasteiger partial charge in [0.15, 0.2) is 5.13 Å². The van der Waals surface area contributed by atoms with Gasteiger partial charge in [-0.2, -0.15) is 0 Å². The molecule has 2 saturated heterocycles. The van der Waals surface area contributed by atoms with E-state index in [-0.39, 0.29) is 30.1 Å². The van der Waals surface area contributed by atoms with Crippen molar-refractivity contribution in [2.75, 3.05) is 37.0 Å². The van der Waals surface area contributed by atoms with Crippen LogP contribution >= 0.6 is 11.3 Å². The first kappa shape index (κ1) is 20.3. The molecular weight excluding hydrogens is 404 g/mol. The predicted molar refractivity (Wildman–Crippen MR) is 114 cm³/mol. The minimum atomic E-state index is -0.414. The van der Waals surface area contributed by atoms with E-state index in [0.29, 0.717) is 36.2 Å². The zero-order valence-corrected chi connectivity index (χ0v) is 17.6. The number of carbonyl (C=O) groups is 3. The SMILES string of the molecule is COc1ccccc1N1CC(C(=O)N2CCCC(C(=O)Nc3nccs3)C2)CC1=O. The Morgan fingerprint density at radius 1 is 1.23 bits per heavy atom. The van der Waals surface area contributed by atoms with Crippen LogP contribution in [-0.4, -0.2) is 54.3 Å². The van der Waals surface area contributed by atoms with Crippen LogP contribution in [0.5, 0.6) is 5.75 Å². The largest absolute Gasteiger partial charge is 0.495 e. The van der Waals surface area contributed by atoms with E-state index >= 15 is 0 Å². The number of methoxy groups -OCH3 is 1. The van der Waals surface area contributed by atoms with Gasteiger partial charge in [-0.05, 0) is 25.0 Å². The minimum Gasteiger partial charge on any atom is -0.495 e. The third kappa shape index (κ3) is 4.16. The number of amides is 3. The van der Waals surface area contributed by atoms with Crippen LogP contribution < -0.4 is 15.0 Å². The molecule has 0 radical (unpaired) electrons. The molecule has 0 spiro atoms. The summed E-state index contributed by atoms with van der Waals surface area (Å²) < 4.78 is 5.36. The number of ether oxygens (including phenoxy) is 1. The van der Waals surface area contributed by atoms with Gasteiger partial charge in [-0.15, -0.1) is 11.3 Å². The van der Waals surface area contributed by atoms with Gasteiger partial charge in [0.05, 0.1) is 24.6 Å². The number of thiazole rings is 1. The second-order valence-electron chi connectivity index (χ2n) is 7.53. The Balaban J connectivity index is 1.40. The van der Waals surface area contributed by atoms with Crippen molar-refractivity contribution in [3.05, 3.63) is 35.8 Å². The molecule has 0 saturated carbocycles. The number of carbonyl (C=O) groups excluding carboxylic acids is 3. The van der Waals surface area contributed by atoms with Crippen LogP contribution in [0.1, 0.15) is 19.3 Å². The molecule has 1 aromatic carbocycles. The molecule has 158 valence electrons. The summed E-state index contributed by atoms with van der Waals surface area (Å²) >= 11 is 1.37. The number of anilines is 2.